The van der Waals surface area contributed by atoms with E-state index < -0.39 is 0 Å². The molecule has 3 aromatic heterocycles. The third-order valence-corrected chi connectivity index (χ3v) is 3.41. The Bertz CT molecular complexity index is 758. The summed E-state index contributed by atoms with van der Waals surface area (Å²) in [5.41, 5.74) is 2.84. The van der Waals surface area contributed by atoms with Crippen molar-refractivity contribution in [3.63, 3.8) is 0 Å². The van der Waals surface area contributed by atoms with E-state index in [9.17, 15) is 0 Å². The molecule has 0 aliphatic heterocycles. The van der Waals surface area contributed by atoms with Crippen molar-refractivity contribution in [1.29, 1.82) is 0 Å². The third-order valence-electron chi connectivity index (χ3n) is 3.41. The van der Waals surface area contributed by atoms with Gasteiger partial charge in [0.05, 0.1) is 11.3 Å². The summed E-state index contributed by atoms with van der Waals surface area (Å²) in [6.45, 7) is 6.36. The molecular formula is C15H17N5O2. The van der Waals surface area contributed by atoms with E-state index in [1.165, 1.54) is 0 Å². The lowest BCUT2D eigenvalue weighted by Gasteiger charge is -2.08. The van der Waals surface area contributed by atoms with Gasteiger partial charge in [0.25, 0.3) is 5.89 Å². The smallest absolute Gasteiger partial charge is 0.261 e. The number of rotatable bonds is 5. The number of anilines is 1. The first-order valence-electron chi connectivity index (χ1n) is 7.06. The molecule has 0 amide bonds. The fourth-order valence-corrected chi connectivity index (χ4v) is 2.29. The molecule has 7 heteroatoms. The Labute approximate surface area is 127 Å². The summed E-state index contributed by atoms with van der Waals surface area (Å²) in [6, 6.07) is 3.74. The number of aryl methyl sites for hydroxylation is 3. The first-order chi connectivity index (χ1) is 10.6. The van der Waals surface area contributed by atoms with E-state index in [0.29, 0.717) is 18.3 Å². The molecule has 0 spiro atoms. The molecule has 0 atom stereocenters. The van der Waals surface area contributed by atoms with Crippen LogP contribution in [0.25, 0.3) is 11.5 Å². The zero-order valence-corrected chi connectivity index (χ0v) is 12.8. The van der Waals surface area contributed by atoms with Gasteiger partial charge in [-0.1, -0.05) is 10.3 Å². The van der Waals surface area contributed by atoms with Crippen molar-refractivity contribution in [1.82, 2.24) is 20.3 Å². The number of nitrogens with zero attached hydrogens (tertiary/aromatic N) is 4. The molecule has 0 aliphatic carbocycles. The number of hydrogen-bond acceptors (Lipinski definition) is 7. The molecule has 114 valence electrons. The van der Waals surface area contributed by atoms with Crippen molar-refractivity contribution in [3.05, 3.63) is 41.2 Å². The van der Waals surface area contributed by atoms with E-state index >= 15 is 0 Å². The molecule has 0 fully saturated rings. The van der Waals surface area contributed by atoms with Gasteiger partial charge in [-0.15, -0.1) is 0 Å². The van der Waals surface area contributed by atoms with E-state index in [1.807, 2.05) is 26.0 Å². The van der Waals surface area contributed by atoms with Crippen LogP contribution in [0.1, 0.15) is 22.8 Å². The van der Waals surface area contributed by atoms with Crippen molar-refractivity contribution in [3.8, 4) is 11.5 Å². The van der Waals surface area contributed by atoms with Crippen molar-refractivity contribution in [2.75, 3.05) is 11.9 Å². The average molecular weight is 299 g/mol. The highest BCUT2D eigenvalue weighted by atomic mass is 16.5. The SMILES string of the molecule is Cc1noc(-c2cccnc2NCCc2c(C)noc2C)n1. The molecule has 0 radical (unpaired) electrons. The normalized spacial score (nSPS) is 10.9. The minimum Gasteiger partial charge on any atom is -0.369 e. The zero-order chi connectivity index (χ0) is 15.5. The fourth-order valence-electron chi connectivity index (χ4n) is 2.29. The van der Waals surface area contributed by atoms with Crippen molar-refractivity contribution >= 4 is 5.82 Å². The highest BCUT2D eigenvalue weighted by Crippen LogP contribution is 2.24. The maximum atomic E-state index is 5.22. The second kappa shape index (κ2) is 5.97. The highest BCUT2D eigenvalue weighted by Gasteiger charge is 2.13. The van der Waals surface area contributed by atoms with Crippen molar-refractivity contribution in [2.24, 2.45) is 0 Å². The Morgan fingerprint density at radius 2 is 2.00 bits per heavy atom. The average Bonchev–Trinajstić information content (AvgIpc) is 3.08. The molecule has 0 unspecified atom stereocenters. The molecule has 0 aromatic carbocycles. The van der Waals surface area contributed by atoms with Crippen LogP contribution in [0, 0.1) is 20.8 Å². The van der Waals surface area contributed by atoms with E-state index in [-0.39, 0.29) is 0 Å². The Hall–Kier alpha value is -2.70. The van der Waals surface area contributed by atoms with Crippen molar-refractivity contribution < 1.29 is 9.05 Å². The molecule has 0 saturated carbocycles. The van der Waals surface area contributed by atoms with E-state index in [0.717, 1.165) is 34.8 Å². The summed E-state index contributed by atoms with van der Waals surface area (Å²) in [4.78, 5) is 8.60. The van der Waals surface area contributed by atoms with Gasteiger partial charge in [-0.25, -0.2) is 4.98 Å². The summed E-state index contributed by atoms with van der Waals surface area (Å²) >= 11 is 0. The summed E-state index contributed by atoms with van der Waals surface area (Å²) in [5, 5.41) is 11.1. The summed E-state index contributed by atoms with van der Waals surface area (Å²) in [5.74, 6) is 2.64. The minimum absolute atomic E-state index is 0.463. The van der Waals surface area contributed by atoms with E-state index in [1.54, 1.807) is 13.1 Å². The first-order valence-corrected chi connectivity index (χ1v) is 7.06. The van der Waals surface area contributed by atoms with Gasteiger partial charge < -0.3 is 14.4 Å². The molecule has 7 nitrogen and oxygen atoms in total. The standard InChI is InChI=1S/C15H17N5O2/c1-9-12(10(2)21-19-9)6-8-17-14-13(5-4-7-16-14)15-18-11(3)20-22-15/h4-5,7H,6,8H2,1-3H3,(H,16,17). The second-order valence-electron chi connectivity index (χ2n) is 5.03. The topological polar surface area (TPSA) is 89.9 Å². The number of nitrogens with one attached hydrogen (secondary N) is 1. The maximum Gasteiger partial charge on any atom is 0.261 e. The van der Waals surface area contributed by atoms with Crippen LogP contribution in [0.5, 0.6) is 0 Å². The van der Waals surface area contributed by atoms with Crippen LogP contribution in [0.2, 0.25) is 0 Å². The Morgan fingerprint density at radius 3 is 2.68 bits per heavy atom. The molecule has 0 aliphatic rings. The van der Waals surface area contributed by atoms with Gasteiger partial charge in [-0.2, -0.15) is 4.98 Å². The second-order valence-corrected chi connectivity index (χ2v) is 5.03. The van der Waals surface area contributed by atoms with Gasteiger partial charge in [0.2, 0.25) is 0 Å². The van der Waals surface area contributed by atoms with E-state index in [4.69, 9.17) is 9.05 Å². The highest BCUT2D eigenvalue weighted by molar-refractivity contribution is 5.68. The number of pyridine rings is 1. The molecule has 0 saturated heterocycles. The predicted molar refractivity (Wildman–Crippen MR) is 80.4 cm³/mol. The van der Waals surface area contributed by atoms with Crippen LogP contribution in [0.3, 0.4) is 0 Å². The Morgan fingerprint density at radius 1 is 1.14 bits per heavy atom. The minimum atomic E-state index is 0.463. The molecular weight excluding hydrogens is 282 g/mol. The molecule has 3 rings (SSSR count). The van der Waals surface area contributed by atoms with Crippen LogP contribution < -0.4 is 5.32 Å². The largest absolute Gasteiger partial charge is 0.369 e. The van der Waals surface area contributed by atoms with Crippen LogP contribution in [0.4, 0.5) is 5.82 Å². The predicted octanol–water partition coefficient (Wildman–Crippen LogP) is 2.70. The molecule has 0 bridgehead atoms. The zero-order valence-electron chi connectivity index (χ0n) is 12.8. The van der Waals surface area contributed by atoms with Gasteiger partial charge in [-0.3, -0.25) is 0 Å². The Balaban J connectivity index is 1.73. The van der Waals surface area contributed by atoms with Gasteiger partial charge in [0, 0.05) is 18.3 Å². The molecule has 3 heterocycles. The van der Waals surface area contributed by atoms with Crippen LogP contribution >= 0.6 is 0 Å². The fraction of sp³-hybridized carbons (Fsp3) is 0.333. The molecule has 1 N–H and O–H groups in total. The van der Waals surface area contributed by atoms with Crippen molar-refractivity contribution in [2.45, 2.75) is 27.2 Å². The molecule has 22 heavy (non-hydrogen) atoms. The quantitative estimate of drug-likeness (QED) is 0.774. The lowest BCUT2D eigenvalue weighted by molar-refractivity contribution is 0.392. The van der Waals surface area contributed by atoms with Crippen LogP contribution in [0.15, 0.2) is 27.4 Å². The van der Waals surface area contributed by atoms with E-state index in [2.05, 4.69) is 25.6 Å². The number of aromatic nitrogens is 4. The summed E-state index contributed by atoms with van der Waals surface area (Å²) < 4.78 is 10.4. The van der Waals surface area contributed by atoms with Crippen LogP contribution in [-0.4, -0.2) is 26.8 Å². The first kappa shape index (κ1) is 14.2. The van der Waals surface area contributed by atoms with Crippen LogP contribution in [-0.2, 0) is 6.42 Å². The maximum absolute atomic E-state index is 5.22. The third kappa shape index (κ3) is 2.83. The summed E-state index contributed by atoms with van der Waals surface area (Å²) in [6.07, 6.45) is 2.53. The lowest BCUT2D eigenvalue weighted by Crippen LogP contribution is -2.08. The summed E-state index contributed by atoms with van der Waals surface area (Å²) in [7, 11) is 0. The number of hydrogen-bond donors (Lipinski definition) is 1. The van der Waals surface area contributed by atoms with Gasteiger partial charge >= 0.3 is 0 Å². The van der Waals surface area contributed by atoms with Gasteiger partial charge in [0.1, 0.15) is 11.6 Å². The van der Waals surface area contributed by atoms with Gasteiger partial charge in [0.15, 0.2) is 5.82 Å². The monoisotopic (exact) mass is 299 g/mol. The molecule has 3 aromatic rings. The van der Waals surface area contributed by atoms with Gasteiger partial charge in [-0.05, 0) is 39.3 Å². The lowest BCUT2D eigenvalue weighted by atomic mass is 10.1. The Kier molecular flexibility index (Phi) is 3.86.